The summed E-state index contributed by atoms with van der Waals surface area (Å²) in [7, 11) is 3.39. The lowest BCUT2D eigenvalue weighted by molar-refractivity contribution is 0.294. The summed E-state index contributed by atoms with van der Waals surface area (Å²) in [4.78, 5) is 0. The van der Waals surface area contributed by atoms with Crippen molar-refractivity contribution in [2.24, 2.45) is 0 Å². The highest BCUT2D eigenvalue weighted by atomic mass is 16.5. The second-order valence-corrected chi connectivity index (χ2v) is 5.64. The van der Waals surface area contributed by atoms with Crippen molar-refractivity contribution in [3.05, 3.63) is 23.8 Å². The van der Waals surface area contributed by atoms with Gasteiger partial charge in [0.25, 0.3) is 0 Å². The van der Waals surface area contributed by atoms with Crippen LogP contribution in [-0.2, 0) is 5.54 Å². The van der Waals surface area contributed by atoms with E-state index in [4.69, 9.17) is 9.47 Å². The molecule has 0 aliphatic carbocycles. The third kappa shape index (κ3) is 3.09. The van der Waals surface area contributed by atoms with E-state index in [-0.39, 0.29) is 5.54 Å². The zero-order valence-corrected chi connectivity index (χ0v) is 13.0. The highest BCUT2D eigenvalue weighted by molar-refractivity contribution is 5.45. The van der Waals surface area contributed by atoms with Gasteiger partial charge < -0.3 is 14.8 Å². The average molecular weight is 277 g/mol. The summed E-state index contributed by atoms with van der Waals surface area (Å²) in [6, 6.07) is 6.36. The van der Waals surface area contributed by atoms with Crippen LogP contribution in [0.3, 0.4) is 0 Å². The van der Waals surface area contributed by atoms with Gasteiger partial charge in [-0.05, 0) is 43.5 Å². The van der Waals surface area contributed by atoms with Gasteiger partial charge in [-0.25, -0.2) is 0 Å². The molecule has 1 atom stereocenters. The molecule has 0 spiro atoms. The molecule has 0 radical (unpaired) electrons. The minimum atomic E-state index is 0.102. The molecule has 1 aromatic carbocycles. The van der Waals surface area contributed by atoms with E-state index in [2.05, 4.69) is 24.4 Å². The van der Waals surface area contributed by atoms with Gasteiger partial charge in [-0.15, -0.1) is 0 Å². The second-order valence-electron chi connectivity index (χ2n) is 5.64. The summed E-state index contributed by atoms with van der Waals surface area (Å²) >= 11 is 0. The Hall–Kier alpha value is -1.22. The smallest absolute Gasteiger partial charge is 0.161 e. The van der Waals surface area contributed by atoms with E-state index < -0.39 is 0 Å². The van der Waals surface area contributed by atoms with Crippen LogP contribution in [0.4, 0.5) is 0 Å². The number of hydrogen-bond acceptors (Lipinski definition) is 3. The minimum absolute atomic E-state index is 0.102. The molecule has 1 unspecified atom stereocenters. The number of benzene rings is 1. The summed E-state index contributed by atoms with van der Waals surface area (Å²) in [6.45, 7) is 3.36. The Morgan fingerprint density at radius 3 is 2.60 bits per heavy atom. The fourth-order valence-corrected chi connectivity index (χ4v) is 3.31. The van der Waals surface area contributed by atoms with Gasteiger partial charge in [-0.1, -0.05) is 32.3 Å². The van der Waals surface area contributed by atoms with E-state index in [0.29, 0.717) is 0 Å². The SMILES string of the molecule is CCCC1(c2ccc(OC)c(OC)c2)CCCCCN1. The van der Waals surface area contributed by atoms with Crippen LogP contribution < -0.4 is 14.8 Å². The molecule has 0 saturated carbocycles. The first-order chi connectivity index (χ1) is 9.75. The van der Waals surface area contributed by atoms with Crippen molar-refractivity contribution >= 4 is 0 Å². The monoisotopic (exact) mass is 277 g/mol. The molecule has 0 aromatic heterocycles. The van der Waals surface area contributed by atoms with Crippen LogP contribution in [0.1, 0.15) is 51.0 Å². The molecule has 1 N–H and O–H groups in total. The average Bonchev–Trinajstić information content (AvgIpc) is 2.73. The number of rotatable bonds is 5. The number of nitrogens with one attached hydrogen (secondary N) is 1. The summed E-state index contributed by atoms with van der Waals surface area (Å²) in [5.74, 6) is 1.63. The zero-order chi connectivity index (χ0) is 14.4. The van der Waals surface area contributed by atoms with Crippen LogP contribution in [0, 0.1) is 0 Å². The van der Waals surface area contributed by atoms with E-state index in [1.54, 1.807) is 14.2 Å². The van der Waals surface area contributed by atoms with Crippen molar-refractivity contribution in [3.63, 3.8) is 0 Å². The molecule has 0 amide bonds. The lowest BCUT2D eigenvalue weighted by atomic mass is 9.81. The van der Waals surface area contributed by atoms with Crippen molar-refractivity contribution in [1.29, 1.82) is 0 Å². The minimum Gasteiger partial charge on any atom is -0.493 e. The molecular formula is C17H27NO2. The first-order valence-corrected chi connectivity index (χ1v) is 7.73. The first-order valence-electron chi connectivity index (χ1n) is 7.73. The maximum atomic E-state index is 5.47. The standard InChI is InChI=1S/C17H27NO2/c1-4-10-17(11-6-5-7-12-18-17)14-8-9-15(19-2)16(13-14)20-3/h8-9,13,18H,4-7,10-12H2,1-3H3. The summed E-state index contributed by atoms with van der Waals surface area (Å²) in [5.41, 5.74) is 1.43. The Morgan fingerprint density at radius 2 is 1.90 bits per heavy atom. The normalized spacial score (nSPS) is 23.1. The Labute approximate surface area is 122 Å². The molecule has 3 heteroatoms. The molecule has 1 heterocycles. The lowest BCUT2D eigenvalue weighted by Gasteiger charge is -2.35. The van der Waals surface area contributed by atoms with Gasteiger partial charge in [-0.2, -0.15) is 0 Å². The quantitative estimate of drug-likeness (QED) is 0.886. The lowest BCUT2D eigenvalue weighted by Crippen LogP contribution is -2.41. The predicted molar refractivity (Wildman–Crippen MR) is 82.6 cm³/mol. The van der Waals surface area contributed by atoms with Crippen molar-refractivity contribution in [1.82, 2.24) is 5.32 Å². The molecule has 112 valence electrons. The fourth-order valence-electron chi connectivity index (χ4n) is 3.31. The number of methoxy groups -OCH3 is 2. The van der Waals surface area contributed by atoms with Crippen LogP contribution >= 0.6 is 0 Å². The van der Waals surface area contributed by atoms with Gasteiger partial charge in [0, 0.05) is 5.54 Å². The molecule has 1 aliphatic heterocycles. The van der Waals surface area contributed by atoms with Crippen LogP contribution in [0.2, 0.25) is 0 Å². The topological polar surface area (TPSA) is 30.5 Å². The number of ether oxygens (including phenoxy) is 2. The highest BCUT2D eigenvalue weighted by Crippen LogP contribution is 2.38. The largest absolute Gasteiger partial charge is 0.493 e. The van der Waals surface area contributed by atoms with Crippen LogP contribution in [0.25, 0.3) is 0 Å². The van der Waals surface area contributed by atoms with Gasteiger partial charge in [0.05, 0.1) is 14.2 Å². The molecular weight excluding hydrogens is 250 g/mol. The Bertz CT molecular complexity index is 423. The molecule has 0 bridgehead atoms. The van der Waals surface area contributed by atoms with Crippen molar-refractivity contribution in [3.8, 4) is 11.5 Å². The summed E-state index contributed by atoms with van der Waals surface area (Å²) in [5, 5.41) is 3.80. The number of hydrogen-bond donors (Lipinski definition) is 1. The summed E-state index contributed by atoms with van der Waals surface area (Å²) < 4.78 is 10.8. The molecule has 20 heavy (non-hydrogen) atoms. The van der Waals surface area contributed by atoms with E-state index in [1.165, 1.54) is 44.1 Å². The molecule has 1 aliphatic rings. The van der Waals surface area contributed by atoms with E-state index in [9.17, 15) is 0 Å². The third-order valence-corrected chi connectivity index (χ3v) is 4.36. The van der Waals surface area contributed by atoms with Crippen LogP contribution in [0.15, 0.2) is 18.2 Å². The van der Waals surface area contributed by atoms with Crippen molar-refractivity contribution in [2.75, 3.05) is 20.8 Å². The second kappa shape index (κ2) is 6.98. The van der Waals surface area contributed by atoms with Crippen LogP contribution in [0.5, 0.6) is 11.5 Å². The third-order valence-electron chi connectivity index (χ3n) is 4.36. The van der Waals surface area contributed by atoms with Gasteiger partial charge in [0.2, 0.25) is 0 Å². The molecule has 3 nitrogen and oxygen atoms in total. The van der Waals surface area contributed by atoms with Gasteiger partial charge in [0.1, 0.15) is 0 Å². The molecule has 1 fully saturated rings. The highest BCUT2D eigenvalue weighted by Gasteiger charge is 2.32. The molecule has 1 aromatic rings. The van der Waals surface area contributed by atoms with Gasteiger partial charge in [0.15, 0.2) is 11.5 Å². The van der Waals surface area contributed by atoms with E-state index >= 15 is 0 Å². The van der Waals surface area contributed by atoms with Crippen molar-refractivity contribution < 1.29 is 9.47 Å². The van der Waals surface area contributed by atoms with E-state index in [1.807, 2.05) is 6.07 Å². The van der Waals surface area contributed by atoms with Gasteiger partial charge >= 0.3 is 0 Å². The Balaban J connectivity index is 2.37. The Kier molecular flexibility index (Phi) is 5.30. The first kappa shape index (κ1) is 15.2. The van der Waals surface area contributed by atoms with Crippen LogP contribution in [-0.4, -0.2) is 20.8 Å². The van der Waals surface area contributed by atoms with Crippen molar-refractivity contribution in [2.45, 2.75) is 51.0 Å². The predicted octanol–water partition coefficient (Wildman–Crippen LogP) is 3.86. The molecule has 2 rings (SSSR count). The molecule has 1 saturated heterocycles. The fraction of sp³-hybridized carbons (Fsp3) is 0.647. The summed E-state index contributed by atoms with van der Waals surface area (Å²) in [6.07, 6.45) is 7.45. The Morgan fingerprint density at radius 1 is 1.10 bits per heavy atom. The zero-order valence-electron chi connectivity index (χ0n) is 13.0. The maximum absolute atomic E-state index is 5.47. The van der Waals surface area contributed by atoms with E-state index in [0.717, 1.165) is 18.0 Å². The maximum Gasteiger partial charge on any atom is 0.161 e. The van der Waals surface area contributed by atoms with Gasteiger partial charge in [-0.3, -0.25) is 0 Å².